The van der Waals surface area contributed by atoms with Crippen molar-refractivity contribution in [2.45, 2.75) is 6.42 Å². The van der Waals surface area contributed by atoms with Gasteiger partial charge in [0.15, 0.2) is 0 Å². The fourth-order valence-corrected chi connectivity index (χ4v) is 1.74. The minimum atomic E-state index is -0.815. The Morgan fingerprint density at radius 3 is 2.41 bits per heavy atom. The van der Waals surface area contributed by atoms with Crippen LogP contribution in [0.5, 0.6) is 11.5 Å². The molecule has 2 aromatic carbocycles. The van der Waals surface area contributed by atoms with Gasteiger partial charge in [0.05, 0.1) is 25.8 Å². The van der Waals surface area contributed by atoms with Crippen molar-refractivity contribution in [1.29, 1.82) is 0 Å². The normalized spacial score (nSPS) is 10.1. The van der Waals surface area contributed by atoms with Gasteiger partial charge in [0.1, 0.15) is 23.1 Å². The number of methoxy groups -OCH3 is 1. The highest BCUT2D eigenvalue weighted by Crippen LogP contribution is 2.18. The average Bonchev–Trinajstić information content (AvgIpc) is 2.51. The molecule has 0 atom stereocenters. The van der Waals surface area contributed by atoms with Crippen LogP contribution in [0.1, 0.15) is 6.42 Å². The molecule has 0 aliphatic heterocycles. The molecule has 0 unspecified atom stereocenters. The largest absolute Gasteiger partial charge is 0.497 e. The molecule has 2 aromatic rings. The van der Waals surface area contributed by atoms with Crippen LogP contribution in [0.4, 0.5) is 14.5 Å². The number of anilines is 1. The van der Waals surface area contributed by atoms with Crippen molar-refractivity contribution in [3.63, 3.8) is 0 Å². The second kappa shape index (κ2) is 7.40. The topological polar surface area (TPSA) is 47.6 Å². The fourth-order valence-electron chi connectivity index (χ4n) is 1.74. The van der Waals surface area contributed by atoms with E-state index in [-0.39, 0.29) is 18.7 Å². The Hall–Kier alpha value is -2.63. The summed E-state index contributed by atoms with van der Waals surface area (Å²) in [5, 5.41) is 2.36. The quantitative estimate of drug-likeness (QED) is 0.890. The lowest BCUT2D eigenvalue weighted by Gasteiger charge is -2.08. The second-order valence-electron chi connectivity index (χ2n) is 4.45. The van der Waals surface area contributed by atoms with Gasteiger partial charge in [0.2, 0.25) is 5.91 Å². The SMILES string of the molecule is COc1ccc(OCCC(=O)Nc2ccc(F)cc2F)cc1. The standard InChI is InChI=1S/C16H15F2NO3/c1-21-12-3-5-13(6-4-12)22-9-8-16(20)19-15-7-2-11(17)10-14(15)18/h2-7,10H,8-9H2,1H3,(H,19,20). The third kappa shape index (κ3) is 4.44. The van der Waals surface area contributed by atoms with Crippen LogP contribution in [0, 0.1) is 11.6 Å². The van der Waals surface area contributed by atoms with Gasteiger partial charge in [0, 0.05) is 6.07 Å². The van der Waals surface area contributed by atoms with E-state index >= 15 is 0 Å². The van der Waals surface area contributed by atoms with Crippen LogP contribution in [0.2, 0.25) is 0 Å². The summed E-state index contributed by atoms with van der Waals surface area (Å²) < 4.78 is 36.5. The summed E-state index contributed by atoms with van der Waals surface area (Å²) in [5.41, 5.74) is -0.0594. The maximum absolute atomic E-state index is 13.4. The van der Waals surface area contributed by atoms with Crippen LogP contribution in [-0.2, 0) is 4.79 Å². The molecule has 0 aliphatic carbocycles. The number of halogens is 2. The Morgan fingerprint density at radius 1 is 1.09 bits per heavy atom. The highest BCUT2D eigenvalue weighted by Gasteiger charge is 2.08. The first-order valence-corrected chi connectivity index (χ1v) is 6.60. The monoisotopic (exact) mass is 307 g/mol. The number of hydrogen-bond donors (Lipinski definition) is 1. The first-order valence-electron chi connectivity index (χ1n) is 6.60. The highest BCUT2D eigenvalue weighted by atomic mass is 19.1. The number of carbonyl (C=O) groups is 1. The predicted octanol–water partition coefficient (Wildman–Crippen LogP) is 3.38. The molecule has 2 rings (SSSR count). The van der Waals surface area contributed by atoms with Crippen molar-refractivity contribution < 1.29 is 23.0 Å². The number of amides is 1. The summed E-state index contributed by atoms with van der Waals surface area (Å²) in [5.74, 6) is -0.625. The number of benzene rings is 2. The van der Waals surface area contributed by atoms with E-state index < -0.39 is 17.5 Å². The van der Waals surface area contributed by atoms with Gasteiger partial charge in [0.25, 0.3) is 0 Å². The zero-order chi connectivity index (χ0) is 15.9. The molecule has 1 amide bonds. The summed E-state index contributed by atoms with van der Waals surface area (Å²) >= 11 is 0. The summed E-state index contributed by atoms with van der Waals surface area (Å²) in [6.07, 6.45) is 0.0445. The molecular formula is C16H15F2NO3. The molecule has 22 heavy (non-hydrogen) atoms. The van der Waals surface area contributed by atoms with Crippen LogP contribution in [0.15, 0.2) is 42.5 Å². The number of hydrogen-bond acceptors (Lipinski definition) is 3. The van der Waals surface area contributed by atoms with E-state index in [1.54, 1.807) is 31.4 Å². The van der Waals surface area contributed by atoms with Gasteiger partial charge in [-0.3, -0.25) is 4.79 Å². The van der Waals surface area contributed by atoms with E-state index in [0.717, 1.165) is 6.07 Å². The predicted molar refractivity (Wildman–Crippen MR) is 78.1 cm³/mol. The first-order chi connectivity index (χ1) is 10.6. The van der Waals surface area contributed by atoms with Crippen molar-refractivity contribution >= 4 is 11.6 Å². The first kappa shape index (κ1) is 15.8. The summed E-state index contributed by atoms with van der Waals surface area (Å²) in [7, 11) is 1.56. The smallest absolute Gasteiger partial charge is 0.227 e. The molecule has 0 radical (unpaired) electrons. The summed E-state index contributed by atoms with van der Waals surface area (Å²) in [6.45, 7) is 0.140. The van der Waals surface area contributed by atoms with Crippen LogP contribution >= 0.6 is 0 Å². The molecule has 0 fully saturated rings. The molecule has 1 N–H and O–H groups in total. The van der Waals surface area contributed by atoms with Crippen LogP contribution in [-0.4, -0.2) is 19.6 Å². The lowest BCUT2D eigenvalue weighted by Crippen LogP contribution is -2.16. The molecular weight excluding hydrogens is 292 g/mol. The van der Waals surface area contributed by atoms with E-state index in [9.17, 15) is 13.6 Å². The van der Waals surface area contributed by atoms with Crippen LogP contribution in [0.3, 0.4) is 0 Å². The Kier molecular flexibility index (Phi) is 5.30. The Bertz CT molecular complexity index is 644. The number of carbonyl (C=O) groups excluding carboxylic acids is 1. The van der Waals surface area contributed by atoms with E-state index in [4.69, 9.17) is 9.47 Å². The second-order valence-corrected chi connectivity index (χ2v) is 4.45. The van der Waals surface area contributed by atoms with Gasteiger partial charge in [-0.2, -0.15) is 0 Å². The zero-order valence-corrected chi connectivity index (χ0v) is 11.9. The Morgan fingerprint density at radius 2 is 1.77 bits per heavy atom. The van der Waals surface area contributed by atoms with Crippen LogP contribution < -0.4 is 14.8 Å². The molecule has 0 saturated carbocycles. The van der Waals surface area contributed by atoms with E-state index in [2.05, 4.69) is 5.32 Å². The lowest BCUT2D eigenvalue weighted by molar-refractivity contribution is -0.116. The maximum Gasteiger partial charge on any atom is 0.227 e. The fraction of sp³-hybridized carbons (Fsp3) is 0.188. The molecule has 0 heterocycles. The molecule has 6 heteroatoms. The molecule has 116 valence electrons. The average molecular weight is 307 g/mol. The molecule has 0 bridgehead atoms. The van der Waals surface area contributed by atoms with Gasteiger partial charge < -0.3 is 14.8 Å². The van der Waals surface area contributed by atoms with E-state index in [1.807, 2.05) is 0 Å². The number of ether oxygens (including phenoxy) is 2. The highest BCUT2D eigenvalue weighted by molar-refractivity contribution is 5.90. The molecule has 0 aliphatic rings. The molecule has 4 nitrogen and oxygen atoms in total. The van der Waals surface area contributed by atoms with Crippen LogP contribution in [0.25, 0.3) is 0 Å². The van der Waals surface area contributed by atoms with Crippen molar-refractivity contribution in [2.24, 2.45) is 0 Å². The molecule has 0 spiro atoms. The molecule has 0 aromatic heterocycles. The number of nitrogens with one attached hydrogen (secondary N) is 1. The van der Waals surface area contributed by atoms with Crippen molar-refractivity contribution in [3.8, 4) is 11.5 Å². The van der Waals surface area contributed by atoms with Gasteiger partial charge in [-0.25, -0.2) is 8.78 Å². The zero-order valence-electron chi connectivity index (χ0n) is 11.9. The van der Waals surface area contributed by atoms with Gasteiger partial charge in [-0.1, -0.05) is 0 Å². The van der Waals surface area contributed by atoms with Crippen molar-refractivity contribution in [2.75, 3.05) is 19.0 Å². The lowest BCUT2D eigenvalue weighted by atomic mass is 10.3. The van der Waals surface area contributed by atoms with Crippen molar-refractivity contribution in [1.82, 2.24) is 0 Å². The van der Waals surface area contributed by atoms with E-state index in [0.29, 0.717) is 17.6 Å². The summed E-state index contributed by atoms with van der Waals surface area (Å²) in [4.78, 5) is 11.7. The van der Waals surface area contributed by atoms with E-state index in [1.165, 1.54) is 6.07 Å². The Balaban J connectivity index is 1.79. The molecule has 0 saturated heterocycles. The minimum absolute atomic E-state index is 0.0445. The maximum atomic E-state index is 13.4. The van der Waals surface area contributed by atoms with Crippen molar-refractivity contribution in [3.05, 3.63) is 54.1 Å². The summed E-state index contributed by atoms with van der Waals surface area (Å²) in [6, 6.07) is 9.88. The third-order valence-corrected chi connectivity index (χ3v) is 2.86. The minimum Gasteiger partial charge on any atom is -0.497 e. The van der Waals surface area contributed by atoms with Gasteiger partial charge in [-0.05, 0) is 36.4 Å². The number of rotatable bonds is 6. The third-order valence-electron chi connectivity index (χ3n) is 2.86. The van der Waals surface area contributed by atoms with Gasteiger partial charge >= 0.3 is 0 Å². The van der Waals surface area contributed by atoms with Gasteiger partial charge in [-0.15, -0.1) is 0 Å². The Labute approximate surface area is 126 Å².